The van der Waals surface area contributed by atoms with Crippen molar-refractivity contribution in [2.75, 3.05) is 33.3 Å². The van der Waals surface area contributed by atoms with Crippen LogP contribution in [0.4, 0.5) is 5.13 Å². The number of esters is 2. The van der Waals surface area contributed by atoms with Crippen LogP contribution >= 0.6 is 11.3 Å². The number of hydrogen-bond donors (Lipinski definition) is 1. The number of aromatic nitrogens is 1. The number of nitrogens with zero attached hydrogens (tertiary/aromatic N) is 1. The molecule has 1 aromatic carbocycles. The Balaban J connectivity index is 1.92. The number of carbonyl (C=O) groups excluding carboxylic acids is 3. The van der Waals surface area contributed by atoms with Gasteiger partial charge in [-0.3, -0.25) is 14.9 Å². The second-order valence-electron chi connectivity index (χ2n) is 5.06. The van der Waals surface area contributed by atoms with Crippen LogP contribution in [0.25, 0.3) is 0 Å². The number of nitrogens with one attached hydrogen (secondary N) is 1. The number of hydrogen-bond acceptors (Lipinski definition) is 9. The van der Waals surface area contributed by atoms with Crippen molar-refractivity contribution in [1.82, 2.24) is 4.98 Å². The van der Waals surface area contributed by atoms with Crippen molar-refractivity contribution in [3.63, 3.8) is 0 Å². The third kappa shape index (κ3) is 5.42. The number of para-hydroxylation sites is 1. The highest BCUT2D eigenvalue weighted by atomic mass is 32.1. The second kappa shape index (κ2) is 9.53. The summed E-state index contributed by atoms with van der Waals surface area (Å²) < 4.78 is 19.8. The third-order valence-electron chi connectivity index (χ3n) is 3.31. The van der Waals surface area contributed by atoms with Gasteiger partial charge in [-0.2, -0.15) is 0 Å². The molecule has 1 amide bonds. The zero-order chi connectivity index (χ0) is 19.8. The Labute approximate surface area is 159 Å². The number of amides is 1. The molecule has 144 valence electrons. The molecule has 0 saturated carbocycles. The maximum atomic E-state index is 12.2. The number of rotatable bonds is 8. The molecule has 10 heteroatoms. The van der Waals surface area contributed by atoms with Crippen molar-refractivity contribution in [2.45, 2.75) is 6.42 Å². The van der Waals surface area contributed by atoms with Crippen LogP contribution in [0.2, 0.25) is 0 Å². The van der Waals surface area contributed by atoms with E-state index < -0.39 is 24.5 Å². The third-order valence-corrected chi connectivity index (χ3v) is 4.11. The van der Waals surface area contributed by atoms with Gasteiger partial charge < -0.3 is 18.9 Å². The zero-order valence-corrected chi connectivity index (χ0v) is 15.8. The summed E-state index contributed by atoms with van der Waals surface area (Å²) in [4.78, 5) is 39.4. The SMILES string of the molecule is COC(=O)Cc1csc(NC(=O)COC(=O)c2cccc(OC)c2OC)n1. The summed E-state index contributed by atoms with van der Waals surface area (Å²) in [5, 5.41) is 4.41. The van der Waals surface area contributed by atoms with Gasteiger partial charge in [-0.05, 0) is 12.1 Å². The first-order valence-electron chi connectivity index (χ1n) is 7.67. The number of methoxy groups -OCH3 is 3. The lowest BCUT2D eigenvalue weighted by atomic mass is 10.2. The summed E-state index contributed by atoms with van der Waals surface area (Å²) in [6.07, 6.45) is 0.00743. The molecular formula is C17H18N2O7S. The van der Waals surface area contributed by atoms with Crippen molar-refractivity contribution in [1.29, 1.82) is 0 Å². The van der Waals surface area contributed by atoms with Gasteiger partial charge in [-0.25, -0.2) is 9.78 Å². The summed E-state index contributed by atoms with van der Waals surface area (Å²) in [5.41, 5.74) is 0.611. The summed E-state index contributed by atoms with van der Waals surface area (Å²) in [6.45, 7) is -0.509. The fourth-order valence-electron chi connectivity index (χ4n) is 2.08. The minimum Gasteiger partial charge on any atom is -0.493 e. The zero-order valence-electron chi connectivity index (χ0n) is 14.9. The van der Waals surface area contributed by atoms with Gasteiger partial charge in [0.05, 0.1) is 33.4 Å². The fourth-order valence-corrected chi connectivity index (χ4v) is 2.80. The minimum atomic E-state index is -0.730. The first-order chi connectivity index (χ1) is 13.0. The summed E-state index contributed by atoms with van der Waals surface area (Å²) in [5.74, 6) is -1.13. The molecule has 0 aliphatic carbocycles. The lowest BCUT2D eigenvalue weighted by Crippen LogP contribution is -2.21. The van der Waals surface area contributed by atoms with Crippen LogP contribution in [-0.2, 0) is 25.5 Å². The van der Waals surface area contributed by atoms with E-state index in [1.807, 2.05) is 0 Å². The second-order valence-corrected chi connectivity index (χ2v) is 5.92. The summed E-state index contributed by atoms with van der Waals surface area (Å²) in [6, 6.07) is 4.74. The Morgan fingerprint density at radius 1 is 1.15 bits per heavy atom. The van der Waals surface area contributed by atoms with Crippen molar-refractivity contribution in [3.05, 3.63) is 34.8 Å². The fraction of sp³-hybridized carbons (Fsp3) is 0.294. The highest BCUT2D eigenvalue weighted by Crippen LogP contribution is 2.31. The van der Waals surface area contributed by atoms with E-state index in [1.54, 1.807) is 17.5 Å². The molecule has 9 nitrogen and oxygen atoms in total. The first-order valence-corrected chi connectivity index (χ1v) is 8.55. The van der Waals surface area contributed by atoms with Crippen LogP contribution in [0.15, 0.2) is 23.6 Å². The van der Waals surface area contributed by atoms with E-state index >= 15 is 0 Å². The van der Waals surface area contributed by atoms with Crippen molar-refractivity contribution in [2.24, 2.45) is 0 Å². The van der Waals surface area contributed by atoms with Gasteiger partial charge in [0.15, 0.2) is 23.2 Å². The predicted molar refractivity (Wildman–Crippen MR) is 96.3 cm³/mol. The van der Waals surface area contributed by atoms with Gasteiger partial charge in [0.2, 0.25) is 0 Å². The molecular weight excluding hydrogens is 376 g/mol. The molecule has 0 aliphatic heterocycles. The van der Waals surface area contributed by atoms with E-state index in [9.17, 15) is 14.4 Å². The molecule has 0 bridgehead atoms. The van der Waals surface area contributed by atoms with Crippen molar-refractivity contribution >= 4 is 34.3 Å². The van der Waals surface area contributed by atoms with Crippen LogP contribution in [0.5, 0.6) is 11.5 Å². The van der Waals surface area contributed by atoms with E-state index in [4.69, 9.17) is 14.2 Å². The lowest BCUT2D eigenvalue weighted by molar-refractivity contribution is -0.139. The predicted octanol–water partition coefficient (Wildman–Crippen LogP) is 1.67. The van der Waals surface area contributed by atoms with Crippen molar-refractivity contribution in [3.8, 4) is 11.5 Å². The molecule has 0 atom stereocenters. The maximum Gasteiger partial charge on any atom is 0.342 e. The van der Waals surface area contributed by atoms with Crippen LogP contribution in [0.3, 0.4) is 0 Å². The number of benzene rings is 1. The van der Waals surface area contributed by atoms with Crippen LogP contribution in [0, 0.1) is 0 Å². The van der Waals surface area contributed by atoms with E-state index in [1.165, 1.54) is 27.4 Å². The van der Waals surface area contributed by atoms with Gasteiger partial charge in [0, 0.05) is 5.38 Å². The molecule has 2 rings (SSSR count). The molecule has 27 heavy (non-hydrogen) atoms. The summed E-state index contributed by atoms with van der Waals surface area (Å²) in [7, 11) is 4.13. The van der Waals surface area contributed by atoms with E-state index in [2.05, 4.69) is 15.0 Å². The van der Waals surface area contributed by atoms with E-state index in [-0.39, 0.29) is 22.9 Å². The molecule has 0 aliphatic rings. The standard InChI is InChI=1S/C17H18N2O7S/c1-23-12-6-4-5-11(15(12)25-3)16(22)26-8-13(20)19-17-18-10(9-27-17)7-14(21)24-2/h4-6,9H,7-8H2,1-3H3,(H,18,19,20). The van der Waals surface area contributed by atoms with Gasteiger partial charge in [-0.1, -0.05) is 6.07 Å². The number of anilines is 1. The molecule has 0 unspecified atom stereocenters. The highest BCUT2D eigenvalue weighted by Gasteiger charge is 2.19. The molecule has 0 saturated heterocycles. The van der Waals surface area contributed by atoms with Gasteiger partial charge >= 0.3 is 11.9 Å². The molecule has 1 aromatic heterocycles. The molecule has 0 spiro atoms. The quantitative estimate of drug-likeness (QED) is 0.673. The normalized spacial score (nSPS) is 10.0. The topological polar surface area (TPSA) is 113 Å². The van der Waals surface area contributed by atoms with Gasteiger partial charge in [-0.15, -0.1) is 11.3 Å². The van der Waals surface area contributed by atoms with Gasteiger partial charge in [0.1, 0.15) is 5.56 Å². The monoisotopic (exact) mass is 394 g/mol. The average Bonchev–Trinajstić information content (AvgIpc) is 3.11. The number of ether oxygens (including phenoxy) is 4. The Hall–Kier alpha value is -3.14. The molecule has 0 radical (unpaired) electrons. The lowest BCUT2D eigenvalue weighted by Gasteiger charge is -2.11. The summed E-state index contributed by atoms with van der Waals surface area (Å²) >= 11 is 1.14. The maximum absolute atomic E-state index is 12.2. The minimum absolute atomic E-state index is 0.00743. The largest absolute Gasteiger partial charge is 0.493 e. The van der Waals surface area contributed by atoms with Crippen molar-refractivity contribution < 1.29 is 33.3 Å². The molecule has 2 aromatic rings. The molecule has 1 heterocycles. The molecule has 0 fully saturated rings. The first kappa shape index (κ1) is 20.2. The van der Waals surface area contributed by atoms with Crippen LogP contribution < -0.4 is 14.8 Å². The Morgan fingerprint density at radius 3 is 2.59 bits per heavy atom. The van der Waals surface area contributed by atoms with E-state index in [0.29, 0.717) is 11.4 Å². The molecule has 1 N–H and O–H groups in total. The van der Waals surface area contributed by atoms with E-state index in [0.717, 1.165) is 11.3 Å². The van der Waals surface area contributed by atoms with Crippen LogP contribution in [0.1, 0.15) is 16.1 Å². The van der Waals surface area contributed by atoms with Crippen LogP contribution in [-0.4, -0.2) is 50.8 Å². The Bertz CT molecular complexity index is 834. The smallest absolute Gasteiger partial charge is 0.342 e. The number of carbonyl (C=O) groups is 3. The Morgan fingerprint density at radius 2 is 1.93 bits per heavy atom. The average molecular weight is 394 g/mol. The Kier molecular flexibility index (Phi) is 7.12. The number of thiazole rings is 1. The van der Waals surface area contributed by atoms with Gasteiger partial charge in [0.25, 0.3) is 5.91 Å². The highest BCUT2D eigenvalue weighted by molar-refractivity contribution is 7.13.